The van der Waals surface area contributed by atoms with Crippen LogP contribution in [0.2, 0.25) is 0 Å². The molecule has 0 unspecified atom stereocenters. The topological polar surface area (TPSA) is 66.4 Å². The molecule has 24 heavy (non-hydrogen) atoms. The number of carbonyl (C=O) groups is 2. The van der Waals surface area contributed by atoms with Gasteiger partial charge >= 0.3 is 5.97 Å². The first kappa shape index (κ1) is 16.2. The van der Waals surface area contributed by atoms with Gasteiger partial charge in [-0.1, -0.05) is 42.5 Å². The van der Waals surface area contributed by atoms with Crippen LogP contribution in [-0.2, 0) is 24.1 Å². The van der Waals surface area contributed by atoms with Crippen LogP contribution >= 0.6 is 0 Å². The van der Waals surface area contributed by atoms with Gasteiger partial charge in [-0.15, -0.1) is 0 Å². The number of aromatic carboxylic acids is 1. The molecule has 0 spiro atoms. The van der Waals surface area contributed by atoms with Gasteiger partial charge in [-0.25, -0.2) is 4.79 Å². The highest BCUT2D eigenvalue weighted by Gasteiger charge is 2.33. The first-order valence-electron chi connectivity index (χ1n) is 8.16. The summed E-state index contributed by atoms with van der Waals surface area (Å²) in [5.41, 5.74) is 3.28. The Hall–Kier alpha value is -2.62. The van der Waals surface area contributed by atoms with E-state index in [1.165, 1.54) is 11.1 Å². The van der Waals surface area contributed by atoms with Crippen LogP contribution in [0.1, 0.15) is 40.4 Å². The van der Waals surface area contributed by atoms with E-state index in [0.717, 1.165) is 12.8 Å². The van der Waals surface area contributed by atoms with Gasteiger partial charge < -0.3 is 10.4 Å². The number of carboxylic acid groups (broad SMARTS) is 1. The number of nitrogens with one attached hydrogen (secondary N) is 1. The highest BCUT2D eigenvalue weighted by Crippen LogP contribution is 2.29. The summed E-state index contributed by atoms with van der Waals surface area (Å²) in [4.78, 5) is 23.6. The molecule has 0 heterocycles. The average Bonchev–Trinajstić information content (AvgIpc) is 2.88. The van der Waals surface area contributed by atoms with Gasteiger partial charge in [-0.05, 0) is 48.9 Å². The minimum Gasteiger partial charge on any atom is -0.478 e. The molecule has 1 amide bonds. The molecule has 0 fully saturated rings. The van der Waals surface area contributed by atoms with Crippen LogP contribution in [0.5, 0.6) is 0 Å². The van der Waals surface area contributed by atoms with Gasteiger partial charge in [0.1, 0.15) is 0 Å². The largest absolute Gasteiger partial charge is 0.478 e. The first-order valence-corrected chi connectivity index (χ1v) is 8.16. The van der Waals surface area contributed by atoms with Crippen LogP contribution in [0, 0.1) is 0 Å². The lowest BCUT2D eigenvalue weighted by Crippen LogP contribution is -2.46. The molecule has 0 radical (unpaired) electrons. The van der Waals surface area contributed by atoms with E-state index < -0.39 is 5.97 Å². The number of hydrogen-bond acceptors (Lipinski definition) is 2. The van der Waals surface area contributed by atoms with E-state index in [1.807, 2.05) is 12.1 Å². The summed E-state index contributed by atoms with van der Waals surface area (Å²) < 4.78 is 0. The molecule has 1 aliphatic carbocycles. The molecule has 4 heteroatoms. The van der Waals surface area contributed by atoms with Crippen molar-refractivity contribution in [2.24, 2.45) is 0 Å². The second-order valence-corrected chi connectivity index (χ2v) is 6.69. The number of fused-ring (bicyclic) bond motifs is 1. The smallest absolute Gasteiger partial charge is 0.335 e. The van der Waals surface area contributed by atoms with Crippen LogP contribution in [-0.4, -0.2) is 22.5 Å². The third kappa shape index (κ3) is 3.48. The van der Waals surface area contributed by atoms with Gasteiger partial charge in [0.25, 0.3) is 0 Å². The lowest BCUT2D eigenvalue weighted by molar-refractivity contribution is -0.122. The van der Waals surface area contributed by atoms with Crippen molar-refractivity contribution >= 4 is 11.9 Å². The number of benzene rings is 2. The van der Waals surface area contributed by atoms with E-state index in [2.05, 4.69) is 24.4 Å². The molecule has 0 saturated heterocycles. The second-order valence-electron chi connectivity index (χ2n) is 6.69. The quantitative estimate of drug-likeness (QED) is 0.889. The fourth-order valence-electron chi connectivity index (χ4n) is 3.49. The Balaban J connectivity index is 1.60. The van der Waals surface area contributed by atoms with Gasteiger partial charge in [0.05, 0.1) is 5.56 Å². The second kappa shape index (κ2) is 6.48. The Labute approximate surface area is 141 Å². The predicted octanol–water partition coefficient (Wildman–Crippen LogP) is 2.99. The molecule has 124 valence electrons. The van der Waals surface area contributed by atoms with Crippen LogP contribution in [0.4, 0.5) is 0 Å². The molecule has 0 saturated carbocycles. The molecule has 2 N–H and O–H groups in total. The molecule has 0 bridgehead atoms. The lowest BCUT2D eigenvalue weighted by Gasteiger charge is -2.25. The van der Waals surface area contributed by atoms with Crippen molar-refractivity contribution in [3.63, 3.8) is 0 Å². The molecule has 0 atom stereocenters. The third-order valence-electron chi connectivity index (χ3n) is 4.59. The van der Waals surface area contributed by atoms with Gasteiger partial charge in [-0.2, -0.15) is 0 Å². The van der Waals surface area contributed by atoms with Crippen molar-refractivity contribution < 1.29 is 14.7 Å². The van der Waals surface area contributed by atoms with Crippen molar-refractivity contribution in [3.05, 3.63) is 70.8 Å². The fourth-order valence-corrected chi connectivity index (χ4v) is 3.49. The Morgan fingerprint density at radius 1 is 1.04 bits per heavy atom. The fraction of sp³-hybridized carbons (Fsp3) is 0.300. The van der Waals surface area contributed by atoms with Crippen molar-refractivity contribution in [2.75, 3.05) is 0 Å². The summed E-state index contributed by atoms with van der Waals surface area (Å²) in [5, 5.41) is 12.3. The van der Waals surface area contributed by atoms with Gasteiger partial charge in [-0.3, -0.25) is 4.79 Å². The van der Waals surface area contributed by atoms with Crippen molar-refractivity contribution in [3.8, 4) is 0 Å². The summed E-state index contributed by atoms with van der Waals surface area (Å²) in [5.74, 6) is -0.991. The summed E-state index contributed by atoms with van der Waals surface area (Å²) in [7, 11) is 0. The molecule has 4 nitrogen and oxygen atoms in total. The SMILES string of the molecule is CC1(NC(=O)CCc2ccccc2C(=O)O)Cc2ccccc2C1. The zero-order valence-corrected chi connectivity index (χ0v) is 13.7. The number of amides is 1. The number of carboxylic acids is 1. The molecular weight excluding hydrogens is 302 g/mol. The first-order chi connectivity index (χ1) is 11.5. The highest BCUT2D eigenvalue weighted by molar-refractivity contribution is 5.89. The number of rotatable bonds is 5. The molecule has 0 aliphatic heterocycles. The highest BCUT2D eigenvalue weighted by atomic mass is 16.4. The summed E-state index contributed by atoms with van der Waals surface area (Å²) in [6.45, 7) is 2.07. The monoisotopic (exact) mass is 323 g/mol. The molecule has 2 aromatic carbocycles. The summed E-state index contributed by atoms with van der Waals surface area (Å²) in [6.07, 6.45) is 2.38. The van der Waals surface area contributed by atoms with E-state index in [9.17, 15) is 14.7 Å². The summed E-state index contributed by atoms with van der Waals surface area (Å²) >= 11 is 0. The summed E-state index contributed by atoms with van der Waals surface area (Å²) in [6, 6.07) is 15.1. The molecule has 0 aromatic heterocycles. The minimum absolute atomic E-state index is 0.0366. The number of hydrogen-bond donors (Lipinski definition) is 2. The van der Waals surface area contributed by atoms with Crippen molar-refractivity contribution in [2.45, 2.75) is 38.1 Å². The Bertz CT molecular complexity index is 757. The Kier molecular flexibility index (Phi) is 4.38. The molecule has 1 aliphatic rings. The maximum Gasteiger partial charge on any atom is 0.335 e. The van der Waals surface area contributed by atoms with Gasteiger partial charge in [0.15, 0.2) is 0 Å². The van der Waals surface area contributed by atoms with Crippen molar-refractivity contribution in [1.29, 1.82) is 0 Å². The molecular formula is C20H21NO3. The zero-order valence-electron chi connectivity index (χ0n) is 13.7. The van der Waals surface area contributed by atoms with E-state index in [1.54, 1.807) is 24.3 Å². The van der Waals surface area contributed by atoms with Crippen LogP contribution < -0.4 is 5.32 Å². The van der Waals surface area contributed by atoms with Crippen LogP contribution in [0.15, 0.2) is 48.5 Å². The Morgan fingerprint density at radius 2 is 1.62 bits per heavy atom. The predicted molar refractivity (Wildman–Crippen MR) is 92.1 cm³/mol. The minimum atomic E-state index is -0.954. The number of carbonyl (C=O) groups excluding carboxylic acids is 1. The lowest BCUT2D eigenvalue weighted by atomic mass is 9.97. The van der Waals surface area contributed by atoms with E-state index in [0.29, 0.717) is 12.0 Å². The van der Waals surface area contributed by atoms with Crippen LogP contribution in [0.3, 0.4) is 0 Å². The molecule has 2 aromatic rings. The van der Waals surface area contributed by atoms with Crippen molar-refractivity contribution in [1.82, 2.24) is 5.32 Å². The van der Waals surface area contributed by atoms with E-state index in [4.69, 9.17) is 0 Å². The van der Waals surface area contributed by atoms with Gasteiger partial charge in [0.2, 0.25) is 5.91 Å². The van der Waals surface area contributed by atoms with E-state index in [-0.39, 0.29) is 23.4 Å². The normalized spacial score (nSPS) is 14.9. The van der Waals surface area contributed by atoms with Crippen LogP contribution in [0.25, 0.3) is 0 Å². The maximum atomic E-state index is 12.4. The average molecular weight is 323 g/mol. The Morgan fingerprint density at radius 3 is 2.25 bits per heavy atom. The maximum absolute atomic E-state index is 12.4. The standard InChI is InChI=1S/C20H21NO3/c1-20(12-15-7-2-3-8-16(15)13-20)21-18(22)11-10-14-6-4-5-9-17(14)19(23)24/h2-9H,10-13H2,1H3,(H,21,22)(H,23,24). The third-order valence-corrected chi connectivity index (χ3v) is 4.59. The van der Waals surface area contributed by atoms with Gasteiger partial charge in [0, 0.05) is 12.0 Å². The van der Waals surface area contributed by atoms with E-state index >= 15 is 0 Å². The molecule has 3 rings (SSSR count). The number of aryl methyl sites for hydroxylation is 1. The zero-order chi connectivity index (χ0) is 17.2.